The van der Waals surface area contributed by atoms with Crippen LogP contribution in [0, 0.1) is 6.92 Å². The number of rotatable bonds is 9. The van der Waals surface area contributed by atoms with Gasteiger partial charge in [0.1, 0.15) is 0 Å². The third-order valence-electron chi connectivity index (χ3n) is 4.26. The Morgan fingerprint density at radius 1 is 0.714 bits per heavy atom. The summed E-state index contributed by atoms with van der Waals surface area (Å²) in [7, 11) is -7.60. The van der Waals surface area contributed by atoms with Crippen molar-refractivity contribution < 1.29 is 26.4 Å². The Morgan fingerprint density at radius 3 is 1.57 bits per heavy atom. The Bertz CT molecular complexity index is 1170. The van der Waals surface area contributed by atoms with Crippen LogP contribution in [0.15, 0.2) is 58.3 Å². The summed E-state index contributed by atoms with van der Waals surface area (Å²) < 4.78 is 50.9. The van der Waals surface area contributed by atoms with Gasteiger partial charge in [-0.25, -0.2) is 35.9 Å². The first-order chi connectivity index (χ1) is 16.4. The highest BCUT2D eigenvalue weighted by atomic mass is 35.5. The summed E-state index contributed by atoms with van der Waals surface area (Å²) in [5.74, 6) is 0. The molecule has 0 heterocycles. The zero-order valence-electron chi connectivity index (χ0n) is 19.8. The van der Waals surface area contributed by atoms with E-state index in [4.69, 9.17) is 11.6 Å². The standard InChI is InChI=1S/C12H18N2O3S.C10H13ClN2O3S/c1-3-4-9-13-12(15)14-18(16,17)11-7-5-10(2)6-8-11;1-2-7-12-10(14)13-17(15,16)9-5-3-8(11)4-6-9/h5-8H,3-4,9H2,1-2H3,(H2,13,14,15);3-6H,2,7H2,1H3,(H2,12,13,14). The zero-order valence-corrected chi connectivity index (χ0v) is 22.2. The molecule has 4 N–H and O–H groups in total. The normalized spacial score (nSPS) is 11.0. The molecule has 0 aliphatic heterocycles. The highest BCUT2D eigenvalue weighted by Crippen LogP contribution is 2.13. The third-order valence-corrected chi connectivity index (χ3v) is 7.21. The van der Waals surface area contributed by atoms with E-state index < -0.39 is 32.1 Å². The highest BCUT2D eigenvalue weighted by molar-refractivity contribution is 7.90. The van der Waals surface area contributed by atoms with Gasteiger partial charge in [0.25, 0.3) is 20.0 Å². The summed E-state index contributed by atoms with van der Waals surface area (Å²) in [6.45, 7) is 6.60. The predicted octanol–water partition coefficient (Wildman–Crippen LogP) is 3.52. The first-order valence-electron chi connectivity index (χ1n) is 10.8. The summed E-state index contributed by atoms with van der Waals surface area (Å²) in [5.41, 5.74) is 0.960. The molecule has 0 saturated carbocycles. The van der Waals surface area contributed by atoms with E-state index in [9.17, 15) is 26.4 Å². The van der Waals surface area contributed by atoms with Gasteiger partial charge in [0.15, 0.2) is 0 Å². The van der Waals surface area contributed by atoms with Crippen molar-refractivity contribution in [2.24, 2.45) is 0 Å². The molecule has 0 saturated heterocycles. The van der Waals surface area contributed by atoms with Crippen LogP contribution in [-0.2, 0) is 20.0 Å². The minimum Gasteiger partial charge on any atom is -0.337 e. The molecule has 0 atom stereocenters. The molecule has 0 bridgehead atoms. The molecule has 0 radical (unpaired) electrons. The van der Waals surface area contributed by atoms with Gasteiger partial charge in [-0.3, -0.25) is 0 Å². The summed E-state index contributed by atoms with van der Waals surface area (Å²) in [6, 6.07) is 10.4. The minimum absolute atomic E-state index is 0.00597. The van der Waals surface area contributed by atoms with Crippen molar-refractivity contribution >= 4 is 43.7 Å². The Morgan fingerprint density at radius 2 is 1.14 bits per heavy atom. The molecule has 0 aliphatic carbocycles. The van der Waals surface area contributed by atoms with Gasteiger partial charge in [-0.15, -0.1) is 0 Å². The van der Waals surface area contributed by atoms with E-state index in [0.717, 1.165) is 24.8 Å². The molecule has 0 aromatic heterocycles. The lowest BCUT2D eigenvalue weighted by atomic mass is 10.2. The largest absolute Gasteiger partial charge is 0.337 e. The van der Waals surface area contributed by atoms with Gasteiger partial charge in [0.2, 0.25) is 0 Å². The summed E-state index contributed by atoms with van der Waals surface area (Å²) in [4.78, 5) is 22.7. The lowest BCUT2D eigenvalue weighted by molar-refractivity contribution is 0.244. The van der Waals surface area contributed by atoms with Crippen LogP contribution in [0.3, 0.4) is 0 Å². The Hall–Kier alpha value is -2.83. The number of sulfonamides is 2. The van der Waals surface area contributed by atoms with E-state index in [1.54, 1.807) is 12.1 Å². The number of urea groups is 2. The molecule has 2 aromatic carbocycles. The van der Waals surface area contributed by atoms with E-state index in [1.807, 2.05) is 30.2 Å². The second-order valence-corrected chi connectivity index (χ2v) is 11.1. The predicted molar refractivity (Wildman–Crippen MR) is 135 cm³/mol. The average Bonchev–Trinajstić information content (AvgIpc) is 2.78. The second kappa shape index (κ2) is 14.5. The second-order valence-electron chi connectivity index (χ2n) is 7.34. The van der Waals surface area contributed by atoms with Crippen molar-refractivity contribution in [1.29, 1.82) is 0 Å². The molecule has 0 spiro atoms. The Balaban J connectivity index is 0.000000351. The number of aryl methyl sites for hydroxylation is 1. The monoisotopic (exact) mass is 546 g/mol. The number of benzene rings is 2. The molecule has 0 fully saturated rings. The number of nitrogens with one attached hydrogen (secondary N) is 4. The van der Waals surface area contributed by atoms with Gasteiger partial charge in [0, 0.05) is 18.1 Å². The summed E-state index contributed by atoms with van der Waals surface area (Å²) in [6.07, 6.45) is 2.48. The smallest absolute Gasteiger partial charge is 0.328 e. The van der Waals surface area contributed by atoms with Crippen LogP contribution in [0.1, 0.15) is 38.7 Å². The molecule has 194 valence electrons. The maximum absolute atomic E-state index is 11.8. The number of hydrogen-bond donors (Lipinski definition) is 4. The fourth-order valence-corrected chi connectivity index (χ4v) is 4.37. The van der Waals surface area contributed by atoms with Crippen molar-refractivity contribution in [3.63, 3.8) is 0 Å². The zero-order chi connectivity index (χ0) is 26.5. The quantitative estimate of drug-likeness (QED) is 0.353. The minimum atomic E-state index is -3.83. The maximum atomic E-state index is 11.8. The van der Waals surface area contributed by atoms with Gasteiger partial charge >= 0.3 is 12.1 Å². The van der Waals surface area contributed by atoms with E-state index in [0.29, 0.717) is 18.1 Å². The number of halogens is 1. The molecular weight excluding hydrogens is 516 g/mol. The Kier molecular flexibility index (Phi) is 12.5. The number of amides is 4. The van der Waals surface area contributed by atoms with Crippen LogP contribution in [-0.4, -0.2) is 42.0 Å². The van der Waals surface area contributed by atoms with Crippen LogP contribution < -0.4 is 20.1 Å². The SMILES string of the molecule is CCCCNC(=O)NS(=O)(=O)c1ccc(C)cc1.CCCNC(=O)NS(=O)(=O)c1ccc(Cl)cc1. The van der Waals surface area contributed by atoms with E-state index in [2.05, 4.69) is 10.6 Å². The first kappa shape index (κ1) is 30.2. The number of carbonyl (C=O) groups excluding carboxylic acids is 2. The maximum Gasteiger partial charge on any atom is 0.328 e. The van der Waals surface area contributed by atoms with Crippen LogP contribution in [0.5, 0.6) is 0 Å². The van der Waals surface area contributed by atoms with Crippen molar-refractivity contribution in [2.75, 3.05) is 13.1 Å². The molecule has 0 aliphatic rings. The lowest BCUT2D eigenvalue weighted by Crippen LogP contribution is -2.39. The Labute approximate surface area is 211 Å². The van der Waals surface area contributed by atoms with Crippen LogP contribution in [0.4, 0.5) is 9.59 Å². The average molecular weight is 547 g/mol. The van der Waals surface area contributed by atoms with E-state index in [-0.39, 0.29) is 9.79 Å². The molecule has 2 aromatic rings. The molecular formula is C22H31ClN4O6S2. The van der Waals surface area contributed by atoms with E-state index in [1.165, 1.54) is 36.4 Å². The van der Waals surface area contributed by atoms with Crippen molar-refractivity contribution in [2.45, 2.75) is 49.8 Å². The fourth-order valence-electron chi connectivity index (χ4n) is 2.38. The number of unbranched alkanes of at least 4 members (excludes halogenated alkanes) is 1. The van der Waals surface area contributed by atoms with Gasteiger partial charge in [-0.05, 0) is 56.2 Å². The van der Waals surface area contributed by atoms with Gasteiger partial charge < -0.3 is 10.6 Å². The van der Waals surface area contributed by atoms with Crippen molar-refractivity contribution in [3.8, 4) is 0 Å². The molecule has 4 amide bonds. The van der Waals surface area contributed by atoms with Crippen LogP contribution in [0.25, 0.3) is 0 Å². The van der Waals surface area contributed by atoms with Crippen LogP contribution >= 0.6 is 11.6 Å². The van der Waals surface area contributed by atoms with Crippen molar-refractivity contribution in [3.05, 3.63) is 59.1 Å². The molecule has 2 rings (SSSR count). The lowest BCUT2D eigenvalue weighted by Gasteiger charge is -2.08. The van der Waals surface area contributed by atoms with Crippen molar-refractivity contribution in [1.82, 2.24) is 20.1 Å². The molecule has 10 nitrogen and oxygen atoms in total. The van der Waals surface area contributed by atoms with Gasteiger partial charge in [-0.2, -0.15) is 0 Å². The highest BCUT2D eigenvalue weighted by Gasteiger charge is 2.17. The molecule has 0 unspecified atom stereocenters. The summed E-state index contributed by atoms with van der Waals surface area (Å²) >= 11 is 5.64. The molecule has 13 heteroatoms. The van der Waals surface area contributed by atoms with Gasteiger partial charge in [0.05, 0.1) is 9.79 Å². The third kappa shape index (κ3) is 11.4. The fraction of sp³-hybridized carbons (Fsp3) is 0.364. The first-order valence-corrected chi connectivity index (χ1v) is 14.2. The van der Waals surface area contributed by atoms with E-state index >= 15 is 0 Å². The number of carbonyl (C=O) groups is 2. The van der Waals surface area contributed by atoms with Crippen LogP contribution in [0.2, 0.25) is 5.02 Å². The van der Waals surface area contributed by atoms with Gasteiger partial charge in [-0.1, -0.05) is 49.6 Å². The number of hydrogen-bond acceptors (Lipinski definition) is 6. The molecule has 35 heavy (non-hydrogen) atoms. The summed E-state index contributed by atoms with van der Waals surface area (Å²) in [5, 5.41) is 5.34. The topological polar surface area (TPSA) is 151 Å².